The number of halogens is 3. The van der Waals surface area contributed by atoms with E-state index >= 15 is 0 Å². The minimum atomic E-state index is -0.195. The molecule has 2 rings (SSSR count). The Balaban J connectivity index is 0. The smallest absolute Gasteiger partial charge is 0.127 e. The summed E-state index contributed by atoms with van der Waals surface area (Å²) in [7, 11) is 0. The summed E-state index contributed by atoms with van der Waals surface area (Å²) in [4.78, 5) is 0. The molecule has 142 valence electrons. The van der Waals surface area contributed by atoms with Crippen molar-refractivity contribution >= 4 is 23.2 Å². The highest BCUT2D eigenvalue weighted by Gasteiger charge is 2.03. The zero-order chi connectivity index (χ0) is 19.7. The standard InChI is InChI=1S/C9H10ClF.C9H11Cl.2C2H6/c1-2-4-7-8(10)5-3-6-9(7)11;1-2-4-8-5-3-6-9(10)7-8;2*1-2/h3,5-6H,2,4H2,1H3;3,5-7H,2,4H2,1H3;2*1-2H3. The van der Waals surface area contributed by atoms with E-state index < -0.39 is 0 Å². The summed E-state index contributed by atoms with van der Waals surface area (Å²) in [6.07, 6.45) is 3.94. The van der Waals surface area contributed by atoms with Gasteiger partial charge in [-0.2, -0.15) is 0 Å². The molecule has 0 aliphatic rings. The second-order valence-corrected chi connectivity index (χ2v) is 5.67. The van der Waals surface area contributed by atoms with E-state index in [4.69, 9.17) is 23.2 Å². The Morgan fingerprint density at radius 2 is 1.36 bits per heavy atom. The van der Waals surface area contributed by atoms with Gasteiger partial charge in [0.15, 0.2) is 0 Å². The third kappa shape index (κ3) is 12.0. The zero-order valence-corrected chi connectivity index (χ0v) is 18.0. The molecule has 0 fully saturated rings. The maximum absolute atomic E-state index is 13.0. The lowest BCUT2D eigenvalue weighted by atomic mass is 10.1. The maximum atomic E-state index is 13.0. The molecule has 0 nitrogen and oxygen atoms in total. The first-order chi connectivity index (χ1) is 12.1. The van der Waals surface area contributed by atoms with Gasteiger partial charge in [0.1, 0.15) is 5.82 Å². The van der Waals surface area contributed by atoms with Gasteiger partial charge in [0, 0.05) is 15.6 Å². The van der Waals surface area contributed by atoms with Gasteiger partial charge in [0.05, 0.1) is 0 Å². The van der Waals surface area contributed by atoms with Crippen molar-refractivity contribution in [3.05, 3.63) is 69.5 Å². The molecule has 25 heavy (non-hydrogen) atoms. The monoisotopic (exact) mass is 386 g/mol. The zero-order valence-electron chi connectivity index (χ0n) is 16.5. The minimum absolute atomic E-state index is 0.195. The highest BCUT2D eigenvalue weighted by molar-refractivity contribution is 6.31. The van der Waals surface area contributed by atoms with Crippen LogP contribution in [0.15, 0.2) is 42.5 Å². The average Bonchev–Trinajstić information content (AvgIpc) is 2.63. The van der Waals surface area contributed by atoms with E-state index in [0.717, 1.165) is 17.9 Å². The van der Waals surface area contributed by atoms with E-state index in [-0.39, 0.29) is 5.82 Å². The van der Waals surface area contributed by atoms with Crippen molar-refractivity contribution in [1.29, 1.82) is 0 Å². The van der Waals surface area contributed by atoms with Crippen LogP contribution in [0, 0.1) is 5.82 Å². The van der Waals surface area contributed by atoms with Crippen molar-refractivity contribution in [2.75, 3.05) is 0 Å². The van der Waals surface area contributed by atoms with Crippen LogP contribution < -0.4 is 0 Å². The summed E-state index contributed by atoms with van der Waals surface area (Å²) < 4.78 is 13.0. The number of hydrogen-bond donors (Lipinski definition) is 0. The highest BCUT2D eigenvalue weighted by Crippen LogP contribution is 2.19. The molecule has 0 aliphatic carbocycles. The Hall–Kier alpha value is -1.05. The number of hydrogen-bond acceptors (Lipinski definition) is 0. The Kier molecular flexibility index (Phi) is 18.6. The van der Waals surface area contributed by atoms with Gasteiger partial charge in [-0.3, -0.25) is 0 Å². The third-order valence-corrected chi connectivity index (χ3v) is 3.58. The SMILES string of the molecule is CC.CC.CCCc1c(F)cccc1Cl.CCCc1cccc(Cl)c1. The van der Waals surface area contributed by atoms with E-state index in [2.05, 4.69) is 13.0 Å². The normalized spacial score (nSPS) is 8.84. The number of aryl methyl sites for hydroxylation is 1. The second kappa shape index (κ2) is 17.8. The molecule has 0 aliphatic heterocycles. The molecule has 0 radical (unpaired) electrons. The average molecular weight is 387 g/mol. The topological polar surface area (TPSA) is 0 Å². The first-order valence-electron chi connectivity index (χ1n) is 9.25. The van der Waals surface area contributed by atoms with Crippen LogP contribution >= 0.6 is 23.2 Å². The van der Waals surface area contributed by atoms with Gasteiger partial charge >= 0.3 is 0 Å². The molecule has 2 aromatic rings. The van der Waals surface area contributed by atoms with E-state index in [9.17, 15) is 4.39 Å². The Bertz CT molecular complexity index is 533. The fourth-order valence-corrected chi connectivity index (χ4v) is 2.47. The van der Waals surface area contributed by atoms with Crippen LogP contribution in [-0.2, 0) is 12.8 Å². The Morgan fingerprint density at radius 3 is 1.84 bits per heavy atom. The predicted molar refractivity (Wildman–Crippen MR) is 114 cm³/mol. The van der Waals surface area contributed by atoms with Crippen LogP contribution in [0.1, 0.15) is 65.5 Å². The van der Waals surface area contributed by atoms with Gasteiger partial charge in [-0.25, -0.2) is 4.39 Å². The molecule has 0 spiro atoms. The van der Waals surface area contributed by atoms with Crippen LogP contribution in [0.25, 0.3) is 0 Å². The molecule has 0 atom stereocenters. The second-order valence-electron chi connectivity index (χ2n) is 4.83. The van der Waals surface area contributed by atoms with Gasteiger partial charge in [0.25, 0.3) is 0 Å². The summed E-state index contributed by atoms with van der Waals surface area (Å²) in [5, 5.41) is 1.37. The van der Waals surface area contributed by atoms with Crippen molar-refractivity contribution in [2.24, 2.45) is 0 Å². The van der Waals surface area contributed by atoms with Crippen molar-refractivity contribution in [2.45, 2.75) is 67.2 Å². The van der Waals surface area contributed by atoms with Crippen LogP contribution in [0.5, 0.6) is 0 Å². The van der Waals surface area contributed by atoms with Crippen molar-refractivity contribution in [1.82, 2.24) is 0 Å². The van der Waals surface area contributed by atoms with E-state index in [0.29, 0.717) is 17.0 Å². The van der Waals surface area contributed by atoms with Crippen LogP contribution in [0.4, 0.5) is 4.39 Å². The van der Waals surface area contributed by atoms with E-state index in [1.807, 2.05) is 52.8 Å². The maximum Gasteiger partial charge on any atom is 0.127 e. The van der Waals surface area contributed by atoms with Crippen molar-refractivity contribution in [3.63, 3.8) is 0 Å². The van der Waals surface area contributed by atoms with E-state index in [1.54, 1.807) is 12.1 Å². The van der Waals surface area contributed by atoms with Gasteiger partial charge < -0.3 is 0 Å². The minimum Gasteiger partial charge on any atom is -0.207 e. The van der Waals surface area contributed by atoms with Crippen LogP contribution in [0.2, 0.25) is 10.0 Å². The van der Waals surface area contributed by atoms with Gasteiger partial charge in [-0.15, -0.1) is 0 Å². The molecule has 0 unspecified atom stereocenters. The number of benzene rings is 2. The third-order valence-electron chi connectivity index (χ3n) is 2.99. The molecule has 0 saturated heterocycles. The predicted octanol–water partition coefficient (Wildman–Crippen LogP) is 8.78. The lowest BCUT2D eigenvalue weighted by Crippen LogP contribution is -1.89. The largest absolute Gasteiger partial charge is 0.207 e. The summed E-state index contributed by atoms with van der Waals surface area (Å²) in [5.74, 6) is -0.195. The molecular formula is C22H33Cl2F. The molecule has 0 N–H and O–H groups in total. The quantitative estimate of drug-likeness (QED) is 0.492. The molecule has 0 saturated carbocycles. The van der Waals surface area contributed by atoms with Crippen molar-refractivity contribution in [3.8, 4) is 0 Å². The molecular weight excluding hydrogens is 354 g/mol. The fraction of sp³-hybridized carbons (Fsp3) is 0.455. The molecule has 0 bridgehead atoms. The fourth-order valence-electron chi connectivity index (χ4n) is 2.00. The summed E-state index contributed by atoms with van der Waals surface area (Å²) in [6.45, 7) is 12.2. The number of rotatable bonds is 4. The van der Waals surface area contributed by atoms with Gasteiger partial charge in [-0.05, 0) is 42.7 Å². The summed E-state index contributed by atoms with van der Waals surface area (Å²) >= 11 is 11.5. The lowest BCUT2D eigenvalue weighted by molar-refractivity contribution is 0.607. The van der Waals surface area contributed by atoms with Crippen molar-refractivity contribution < 1.29 is 4.39 Å². The van der Waals surface area contributed by atoms with Gasteiger partial charge in [0.2, 0.25) is 0 Å². The first-order valence-corrected chi connectivity index (χ1v) is 10.0. The molecule has 2 aromatic carbocycles. The summed E-state index contributed by atoms with van der Waals surface area (Å²) in [5.41, 5.74) is 1.96. The first kappa shape index (κ1) is 26.2. The molecule has 0 amide bonds. The van der Waals surface area contributed by atoms with Crippen LogP contribution in [0.3, 0.4) is 0 Å². The summed E-state index contributed by atoms with van der Waals surface area (Å²) in [6, 6.07) is 12.8. The van der Waals surface area contributed by atoms with E-state index in [1.165, 1.54) is 18.1 Å². The highest BCUT2D eigenvalue weighted by atomic mass is 35.5. The van der Waals surface area contributed by atoms with Crippen LogP contribution in [-0.4, -0.2) is 0 Å². The molecule has 3 heteroatoms. The van der Waals surface area contributed by atoms with Gasteiger partial charge in [-0.1, -0.05) is 95.8 Å². The Labute approximate surface area is 164 Å². The molecule has 0 heterocycles. The lowest BCUT2D eigenvalue weighted by Gasteiger charge is -2.02. The Morgan fingerprint density at radius 1 is 0.800 bits per heavy atom. The molecule has 0 aromatic heterocycles.